The van der Waals surface area contributed by atoms with Crippen LogP contribution in [0.1, 0.15) is 26.7 Å². The lowest BCUT2D eigenvalue weighted by atomic mass is 9.97. The molecule has 0 aromatic carbocycles. The largest absolute Gasteiger partial charge is 0.336 e. The molecule has 2 N–H and O–H groups in total. The van der Waals surface area contributed by atoms with Crippen LogP contribution in [0.25, 0.3) is 0 Å². The van der Waals surface area contributed by atoms with E-state index < -0.39 is 0 Å². The Labute approximate surface area is 92.4 Å². The normalized spacial score (nSPS) is 25.3. The second-order valence-electron chi connectivity index (χ2n) is 5.17. The van der Waals surface area contributed by atoms with Crippen LogP contribution in [0, 0.1) is 0 Å². The van der Waals surface area contributed by atoms with E-state index in [1.54, 1.807) is 0 Å². The van der Waals surface area contributed by atoms with Gasteiger partial charge in [0.1, 0.15) is 0 Å². The molecule has 4 heteroatoms. The van der Waals surface area contributed by atoms with Crippen LogP contribution in [0.2, 0.25) is 0 Å². The summed E-state index contributed by atoms with van der Waals surface area (Å²) in [4.78, 5) is 15.8. The molecule has 0 bridgehead atoms. The highest BCUT2D eigenvalue weighted by molar-refractivity contribution is 5.80. The molecule has 0 saturated carbocycles. The maximum absolute atomic E-state index is 11.7. The van der Waals surface area contributed by atoms with Crippen molar-refractivity contribution in [2.45, 2.75) is 38.3 Å². The van der Waals surface area contributed by atoms with Gasteiger partial charge in [-0.1, -0.05) is 0 Å². The topological polar surface area (TPSA) is 49.6 Å². The number of hydrogen-bond acceptors (Lipinski definition) is 3. The molecule has 0 radical (unpaired) electrons. The molecule has 4 nitrogen and oxygen atoms in total. The van der Waals surface area contributed by atoms with E-state index in [0.717, 1.165) is 19.5 Å². The summed E-state index contributed by atoms with van der Waals surface area (Å²) < 4.78 is 0. The molecule has 1 atom stereocenters. The maximum Gasteiger partial charge on any atom is 0.224 e. The molecule has 0 spiro atoms. The molecule has 1 saturated heterocycles. The molecule has 0 aromatic heterocycles. The summed E-state index contributed by atoms with van der Waals surface area (Å²) in [5, 5.41) is 0. The first-order valence-corrected chi connectivity index (χ1v) is 5.56. The van der Waals surface area contributed by atoms with Gasteiger partial charge in [0, 0.05) is 19.0 Å². The Balaban J connectivity index is 2.49. The van der Waals surface area contributed by atoms with Crippen LogP contribution in [-0.2, 0) is 4.79 Å². The monoisotopic (exact) mass is 213 g/mol. The fraction of sp³-hybridized carbons (Fsp3) is 0.909. The lowest BCUT2D eigenvalue weighted by molar-refractivity contribution is -0.130. The number of likely N-dealkylation sites (tertiary alicyclic amines) is 1. The van der Waals surface area contributed by atoms with Crippen LogP contribution in [0.3, 0.4) is 0 Å². The van der Waals surface area contributed by atoms with Crippen LogP contribution < -0.4 is 5.73 Å². The number of hydrogen-bond donors (Lipinski definition) is 1. The van der Waals surface area contributed by atoms with E-state index in [-0.39, 0.29) is 17.5 Å². The van der Waals surface area contributed by atoms with Crippen molar-refractivity contribution in [2.75, 3.05) is 27.2 Å². The molecule has 1 aliphatic heterocycles. The van der Waals surface area contributed by atoms with Gasteiger partial charge in [-0.05, 0) is 40.9 Å². The quantitative estimate of drug-likeness (QED) is 0.729. The van der Waals surface area contributed by atoms with Gasteiger partial charge in [-0.2, -0.15) is 0 Å². The minimum atomic E-state index is -0.177. The summed E-state index contributed by atoms with van der Waals surface area (Å²) in [6.45, 7) is 5.93. The van der Waals surface area contributed by atoms with E-state index in [1.807, 2.05) is 19.0 Å². The Morgan fingerprint density at radius 2 is 2.13 bits per heavy atom. The average Bonchev–Trinajstić information content (AvgIpc) is 2.27. The van der Waals surface area contributed by atoms with Gasteiger partial charge in [-0.15, -0.1) is 0 Å². The lowest BCUT2D eigenvalue weighted by Gasteiger charge is -2.34. The van der Waals surface area contributed by atoms with Gasteiger partial charge >= 0.3 is 0 Å². The Morgan fingerprint density at radius 1 is 1.53 bits per heavy atom. The molecule has 0 aromatic rings. The van der Waals surface area contributed by atoms with E-state index >= 15 is 0 Å². The molecule has 88 valence electrons. The Bertz CT molecular complexity index is 238. The van der Waals surface area contributed by atoms with E-state index in [1.165, 1.54) is 0 Å². The fourth-order valence-electron chi connectivity index (χ4n) is 2.03. The van der Waals surface area contributed by atoms with Crippen LogP contribution in [0.5, 0.6) is 0 Å². The van der Waals surface area contributed by atoms with Gasteiger partial charge in [-0.3, -0.25) is 4.79 Å². The summed E-state index contributed by atoms with van der Waals surface area (Å²) >= 11 is 0. The van der Waals surface area contributed by atoms with Crippen molar-refractivity contribution in [3.8, 4) is 0 Å². The van der Waals surface area contributed by atoms with Crippen LogP contribution in [0.15, 0.2) is 0 Å². The van der Waals surface area contributed by atoms with Gasteiger partial charge in [0.05, 0.1) is 5.54 Å². The molecule has 0 aliphatic carbocycles. The number of nitrogens with zero attached hydrogens (tertiary/aromatic N) is 2. The molecule has 15 heavy (non-hydrogen) atoms. The van der Waals surface area contributed by atoms with Crippen molar-refractivity contribution in [1.82, 2.24) is 9.80 Å². The van der Waals surface area contributed by atoms with Crippen molar-refractivity contribution >= 4 is 5.91 Å². The first-order chi connectivity index (χ1) is 6.85. The predicted molar refractivity (Wildman–Crippen MR) is 61.6 cm³/mol. The minimum absolute atomic E-state index is 0.0237. The summed E-state index contributed by atoms with van der Waals surface area (Å²) in [5.41, 5.74) is 5.77. The van der Waals surface area contributed by atoms with Gasteiger partial charge in [0.15, 0.2) is 0 Å². The first kappa shape index (κ1) is 12.5. The average molecular weight is 213 g/mol. The highest BCUT2D eigenvalue weighted by Gasteiger charge is 2.43. The highest BCUT2D eigenvalue weighted by atomic mass is 16.2. The summed E-state index contributed by atoms with van der Waals surface area (Å²) in [5.74, 6) is 0.200. The molecule has 1 heterocycles. The predicted octanol–water partition coefficient (Wildman–Crippen LogP) is 0.276. The van der Waals surface area contributed by atoms with Gasteiger partial charge in [0.2, 0.25) is 5.91 Å². The van der Waals surface area contributed by atoms with Crippen molar-refractivity contribution < 1.29 is 4.79 Å². The molecular formula is C11H23N3O. The van der Waals surface area contributed by atoms with Crippen LogP contribution in [-0.4, -0.2) is 54.5 Å². The third-order valence-electron chi connectivity index (χ3n) is 3.29. The molecule has 1 amide bonds. The van der Waals surface area contributed by atoms with Crippen molar-refractivity contribution in [3.05, 3.63) is 0 Å². The zero-order chi connectivity index (χ0) is 11.6. The summed E-state index contributed by atoms with van der Waals surface area (Å²) in [7, 11) is 4.09. The first-order valence-electron chi connectivity index (χ1n) is 5.56. The standard InChI is InChI=1S/C11H23N3O/c1-11(2)9(12)8-10(15)14(11)7-5-6-13(3)4/h9H,5-8,12H2,1-4H3. The smallest absolute Gasteiger partial charge is 0.224 e. The lowest BCUT2D eigenvalue weighted by Crippen LogP contribution is -2.50. The van der Waals surface area contributed by atoms with E-state index in [0.29, 0.717) is 6.42 Å². The van der Waals surface area contributed by atoms with Gasteiger partial charge < -0.3 is 15.5 Å². The number of carbonyl (C=O) groups is 1. The number of nitrogens with two attached hydrogens (primary N) is 1. The number of amides is 1. The van der Waals surface area contributed by atoms with E-state index in [4.69, 9.17) is 5.73 Å². The Kier molecular flexibility index (Phi) is 3.73. The highest BCUT2D eigenvalue weighted by Crippen LogP contribution is 2.28. The second-order valence-corrected chi connectivity index (χ2v) is 5.17. The SMILES string of the molecule is CN(C)CCCN1C(=O)CC(N)C1(C)C. The van der Waals surface area contributed by atoms with Gasteiger partial charge in [0.25, 0.3) is 0 Å². The third kappa shape index (κ3) is 2.69. The van der Waals surface area contributed by atoms with Crippen molar-refractivity contribution in [3.63, 3.8) is 0 Å². The van der Waals surface area contributed by atoms with E-state index in [9.17, 15) is 4.79 Å². The minimum Gasteiger partial charge on any atom is -0.336 e. The molecular weight excluding hydrogens is 190 g/mol. The Morgan fingerprint density at radius 3 is 2.53 bits per heavy atom. The second kappa shape index (κ2) is 4.49. The fourth-order valence-corrected chi connectivity index (χ4v) is 2.03. The number of rotatable bonds is 4. The zero-order valence-corrected chi connectivity index (χ0v) is 10.3. The molecule has 1 unspecified atom stereocenters. The van der Waals surface area contributed by atoms with Crippen LogP contribution in [0.4, 0.5) is 0 Å². The molecule has 1 fully saturated rings. The zero-order valence-electron chi connectivity index (χ0n) is 10.3. The third-order valence-corrected chi connectivity index (χ3v) is 3.29. The molecule has 1 aliphatic rings. The molecule has 1 rings (SSSR count). The summed E-state index contributed by atoms with van der Waals surface area (Å²) in [6, 6.07) is -0.0237. The summed E-state index contributed by atoms with van der Waals surface area (Å²) in [6.07, 6.45) is 1.50. The van der Waals surface area contributed by atoms with Crippen molar-refractivity contribution in [2.24, 2.45) is 5.73 Å². The number of carbonyl (C=O) groups excluding carboxylic acids is 1. The van der Waals surface area contributed by atoms with Gasteiger partial charge in [-0.25, -0.2) is 0 Å². The Hall–Kier alpha value is -0.610. The van der Waals surface area contributed by atoms with E-state index in [2.05, 4.69) is 18.7 Å². The maximum atomic E-state index is 11.7. The van der Waals surface area contributed by atoms with Crippen molar-refractivity contribution in [1.29, 1.82) is 0 Å². The van der Waals surface area contributed by atoms with Crippen LogP contribution >= 0.6 is 0 Å².